The standard InChI is InChI=1S/C15H13ClN2O/c16-14-6-2-1-5-11(14)12-8-13(12)15(19)18-10-4-3-7-17-9-10/h1-7,9,12-13H,8H2,(H,18,19). The Hall–Kier alpha value is -1.87. The predicted molar refractivity (Wildman–Crippen MR) is 75.2 cm³/mol. The summed E-state index contributed by atoms with van der Waals surface area (Å²) in [6, 6.07) is 11.3. The fourth-order valence-electron chi connectivity index (χ4n) is 2.28. The predicted octanol–water partition coefficient (Wildman–Crippen LogP) is 3.48. The minimum absolute atomic E-state index is 0.0140. The summed E-state index contributed by atoms with van der Waals surface area (Å²) >= 11 is 6.15. The normalized spacial score (nSPS) is 20.9. The van der Waals surface area contributed by atoms with Crippen LogP contribution in [0.25, 0.3) is 0 Å². The van der Waals surface area contributed by atoms with Gasteiger partial charge in [0.25, 0.3) is 0 Å². The molecular weight excluding hydrogens is 260 g/mol. The van der Waals surface area contributed by atoms with Crippen LogP contribution in [0.2, 0.25) is 5.02 Å². The number of carbonyl (C=O) groups excluding carboxylic acids is 1. The van der Waals surface area contributed by atoms with E-state index in [4.69, 9.17) is 11.6 Å². The molecule has 4 heteroatoms. The fourth-order valence-corrected chi connectivity index (χ4v) is 2.55. The summed E-state index contributed by atoms with van der Waals surface area (Å²) in [5, 5.41) is 3.62. The van der Waals surface area contributed by atoms with Gasteiger partial charge in [0.15, 0.2) is 0 Å². The number of hydrogen-bond acceptors (Lipinski definition) is 2. The first-order valence-corrected chi connectivity index (χ1v) is 6.59. The van der Waals surface area contributed by atoms with Gasteiger partial charge in [0.1, 0.15) is 0 Å². The second kappa shape index (κ2) is 5.02. The topological polar surface area (TPSA) is 42.0 Å². The Balaban J connectivity index is 1.67. The largest absolute Gasteiger partial charge is 0.324 e. The Labute approximate surface area is 116 Å². The van der Waals surface area contributed by atoms with Crippen LogP contribution >= 0.6 is 11.6 Å². The molecule has 0 spiro atoms. The van der Waals surface area contributed by atoms with E-state index < -0.39 is 0 Å². The average molecular weight is 273 g/mol. The molecule has 1 N–H and O–H groups in total. The molecular formula is C15H13ClN2O. The van der Waals surface area contributed by atoms with Crippen LogP contribution < -0.4 is 5.32 Å². The van der Waals surface area contributed by atoms with Crippen molar-refractivity contribution in [2.75, 3.05) is 5.32 Å². The first-order chi connectivity index (χ1) is 9.25. The van der Waals surface area contributed by atoms with E-state index in [1.54, 1.807) is 18.5 Å². The summed E-state index contributed by atoms with van der Waals surface area (Å²) in [7, 11) is 0. The highest BCUT2D eigenvalue weighted by Crippen LogP contribution is 2.49. The van der Waals surface area contributed by atoms with Gasteiger partial charge in [0.2, 0.25) is 5.91 Å². The van der Waals surface area contributed by atoms with Gasteiger partial charge >= 0.3 is 0 Å². The number of carbonyl (C=O) groups is 1. The minimum atomic E-state index is 0.0140. The molecule has 1 amide bonds. The summed E-state index contributed by atoms with van der Waals surface area (Å²) in [6.07, 6.45) is 4.18. The molecule has 1 aliphatic rings. The second-order valence-electron chi connectivity index (χ2n) is 4.70. The Morgan fingerprint density at radius 1 is 1.26 bits per heavy atom. The molecule has 1 aromatic heterocycles. The van der Waals surface area contributed by atoms with Gasteiger partial charge in [-0.2, -0.15) is 0 Å². The van der Waals surface area contributed by atoms with Crippen LogP contribution in [0, 0.1) is 5.92 Å². The van der Waals surface area contributed by atoms with Crippen molar-refractivity contribution in [1.82, 2.24) is 4.98 Å². The molecule has 0 bridgehead atoms. The first kappa shape index (κ1) is 12.2. The van der Waals surface area contributed by atoms with Crippen molar-refractivity contribution in [3.63, 3.8) is 0 Å². The lowest BCUT2D eigenvalue weighted by atomic mass is 10.1. The van der Waals surface area contributed by atoms with Gasteiger partial charge in [-0.3, -0.25) is 9.78 Å². The van der Waals surface area contributed by atoms with Crippen molar-refractivity contribution in [2.45, 2.75) is 12.3 Å². The molecule has 0 aliphatic heterocycles. The summed E-state index contributed by atoms with van der Waals surface area (Å²) in [6.45, 7) is 0. The van der Waals surface area contributed by atoms with Crippen LogP contribution in [-0.4, -0.2) is 10.9 Å². The molecule has 2 unspecified atom stereocenters. The third-order valence-electron chi connectivity index (χ3n) is 3.36. The van der Waals surface area contributed by atoms with E-state index in [-0.39, 0.29) is 17.7 Å². The quantitative estimate of drug-likeness (QED) is 0.929. The lowest BCUT2D eigenvalue weighted by Gasteiger charge is -2.05. The molecule has 96 valence electrons. The summed E-state index contributed by atoms with van der Waals surface area (Å²) in [5.74, 6) is 0.295. The van der Waals surface area contributed by atoms with Crippen molar-refractivity contribution < 1.29 is 4.79 Å². The SMILES string of the molecule is O=C(Nc1cccnc1)C1CC1c1ccccc1Cl. The molecule has 3 nitrogen and oxygen atoms in total. The molecule has 0 radical (unpaired) electrons. The minimum Gasteiger partial charge on any atom is -0.324 e. The van der Waals surface area contributed by atoms with Gasteiger partial charge < -0.3 is 5.32 Å². The van der Waals surface area contributed by atoms with E-state index in [2.05, 4.69) is 10.3 Å². The van der Waals surface area contributed by atoms with Crippen LogP contribution in [-0.2, 0) is 4.79 Å². The summed E-state index contributed by atoms with van der Waals surface area (Å²) in [4.78, 5) is 16.1. The fraction of sp³-hybridized carbons (Fsp3) is 0.200. The Morgan fingerprint density at radius 3 is 2.84 bits per heavy atom. The number of anilines is 1. The zero-order valence-corrected chi connectivity index (χ0v) is 11.0. The number of pyridine rings is 1. The maximum atomic E-state index is 12.1. The summed E-state index contributed by atoms with van der Waals surface area (Å²) in [5.41, 5.74) is 1.80. The highest BCUT2D eigenvalue weighted by atomic mass is 35.5. The molecule has 1 aromatic carbocycles. The molecule has 3 rings (SSSR count). The Kier molecular flexibility index (Phi) is 3.22. The zero-order valence-electron chi connectivity index (χ0n) is 10.2. The monoisotopic (exact) mass is 272 g/mol. The van der Waals surface area contributed by atoms with Gasteiger partial charge in [-0.1, -0.05) is 29.8 Å². The molecule has 2 atom stereocenters. The zero-order chi connectivity index (χ0) is 13.2. The van der Waals surface area contributed by atoms with Crippen LogP contribution in [0.5, 0.6) is 0 Å². The van der Waals surface area contributed by atoms with Crippen LogP contribution in [0.15, 0.2) is 48.8 Å². The van der Waals surface area contributed by atoms with Gasteiger partial charge in [-0.15, -0.1) is 0 Å². The molecule has 1 aliphatic carbocycles. The maximum absolute atomic E-state index is 12.1. The van der Waals surface area contributed by atoms with E-state index in [0.29, 0.717) is 0 Å². The van der Waals surface area contributed by atoms with Gasteiger partial charge in [-0.05, 0) is 36.1 Å². The number of nitrogens with zero attached hydrogens (tertiary/aromatic N) is 1. The first-order valence-electron chi connectivity index (χ1n) is 6.21. The molecule has 2 aromatic rings. The van der Waals surface area contributed by atoms with Crippen molar-refractivity contribution >= 4 is 23.2 Å². The van der Waals surface area contributed by atoms with Crippen LogP contribution in [0.3, 0.4) is 0 Å². The van der Waals surface area contributed by atoms with Crippen molar-refractivity contribution in [2.24, 2.45) is 5.92 Å². The van der Waals surface area contributed by atoms with E-state index in [9.17, 15) is 4.79 Å². The Morgan fingerprint density at radius 2 is 2.11 bits per heavy atom. The average Bonchev–Trinajstić information content (AvgIpc) is 3.21. The molecule has 1 saturated carbocycles. The highest BCUT2D eigenvalue weighted by molar-refractivity contribution is 6.31. The number of benzene rings is 1. The summed E-state index contributed by atoms with van der Waals surface area (Å²) < 4.78 is 0. The van der Waals surface area contributed by atoms with Gasteiger partial charge in [-0.25, -0.2) is 0 Å². The second-order valence-corrected chi connectivity index (χ2v) is 5.11. The van der Waals surface area contributed by atoms with Gasteiger partial charge in [0.05, 0.1) is 11.9 Å². The van der Waals surface area contributed by atoms with Gasteiger partial charge in [0, 0.05) is 17.1 Å². The number of halogens is 1. The lowest BCUT2D eigenvalue weighted by molar-refractivity contribution is -0.117. The van der Waals surface area contributed by atoms with Crippen LogP contribution in [0.4, 0.5) is 5.69 Å². The molecule has 1 fully saturated rings. The number of amides is 1. The molecule has 19 heavy (non-hydrogen) atoms. The number of hydrogen-bond donors (Lipinski definition) is 1. The third kappa shape index (κ3) is 2.61. The van der Waals surface area contributed by atoms with E-state index in [1.165, 1.54) is 0 Å². The van der Waals surface area contributed by atoms with Crippen molar-refractivity contribution in [3.05, 3.63) is 59.4 Å². The Bertz CT molecular complexity index is 600. The highest BCUT2D eigenvalue weighted by Gasteiger charge is 2.44. The van der Waals surface area contributed by atoms with Crippen molar-refractivity contribution in [3.8, 4) is 0 Å². The van der Waals surface area contributed by atoms with E-state index >= 15 is 0 Å². The van der Waals surface area contributed by atoms with Crippen LogP contribution in [0.1, 0.15) is 17.9 Å². The number of rotatable bonds is 3. The van der Waals surface area contributed by atoms with E-state index in [0.717, 1.165) is 22.7 Å². The molecule has 0 saturated heterocycles. The lowest BCUT2D eigenvalue weighted by Crippen LogP contribution is -2.14. The maximum Gasteiger partial charge on any atom is 0.228 e. The molecule has 1 heterocycles. The third-order valence-corrected chi connectivity index (χ3v) is 3.71. The number of nitrogens with one attached hydrogen (secondary N) is 1. The number of aromatic nitrogens is 1. The smallest absolute Gasteiger partial charge is 0.228 e. The van der Waals surface area contributed by atoms with E-state index in [1.807, 2.05) is 30.3 Å². The van der Waals surface area contributed by atoms with Crippen molar-refractivity contribution in [1.29, 1.82) is 0 Å².